The fourth-order valence-corrected chi connectivity index (χ4v) is 5.54. The van der Waals surface area contributed by atoms with E-state index in [4.69, 9.17) is 4.74 Å². The molecule has 0 radical (unpaired) electrons. The van der Waals surface area contributed by atoms with Crippen LogP contribution in [0.4, 0.5) is 4.79 Å². The Morgan fingerprint density at radius 2 is 2.08 bits per heavy atom. The van der Waals surface area contributed by atoms with Gasteiger partial charge >= 0.3 is 6.03 Å². The van der Waals surface area contributed by atoms with Crippen molar-refractivity contribution in [2.45, 2.75) is 71.2 Å². The lowest BCUT2D eigenvalue weighted by atomic mass is 9.88. The Hall–Kier alpha value is -1.56. The second-order valence-corrected chi connectivity index (χ2v) is 9.46. The van der Waals surface area contributed by atoms with Crippen LogP contribution < -0.4 is 5.32 Å². The molecule has 6 unspecified atom stereocenters. The summed E-state index contributed by atoms with van der Waals surface area (Å²) in [6.07, 6.45) is 4.73. The summed E-state index contributed by atoms with van der Waals surface area (Å²) in [4.78, 5) is 15.1. The van der Waals surface area contributed by atoms with Crippen LogP contribution in [0.5, 0.6) is 0 Å². The number of fused-ring (bicyclic) bond motifs is 1. The summed E-state index contributed by atoms with van der Waals surface area (Å²) in [5.41, 5.74) is 2.00. The van der Waals surface area contributed by atoms with Gasteiger partial charge in [-0.3, -0.25) is 4.68 Å². The van der Waals surface area contributed by atoms with Gasteiger partial charge in [-0.1, -0.05) is 0 Å². The average Bonchev–Trinajstić information content (AvgIpc) is 3.24. The van der Waals surface area contributed by atoms with E-state index in [2.05, 4.69) is 42.3 Å². The molecule has 1 saturated heterocycles. The molecule has 1 aromatic rings. The lowest BCUT2D eigenvalue weighted by molar-refractivity contribution is 0.0187. The summed E-state index contributed by atoms with van der Waals surface area (Å²) in [6, 6.07) is 0.243. The molecule has 3 aliphatic rings. The number of carbonyl (C=O) groups excluding carboxylic acids is 1. The largest absolute Gasteiger partial charge is 0.379 e. The topological polar surface area (TPSA) is 59.4 Å². The fraction of sp³-hybridized carbons (Fsp3) is 0.800. The van der Waals surface area contributed by atoms with Crippen molar-refractivity contribution in [1.29, 1.82) is 0 Å². The zero-order valence-electron chi connectivity index (χ0n) is 16.8. The first-order chi connectivity index (χ1) is 12.2. The van der Waals surface area contributed by atoms with Crippen LogP contribution >= 0.6 is 0 Å². The molecule has 3 fully saturated rings. The Bertz CT molecular complexity index is 705. The molecule has 2 amide bonds. The van der Waals surface area contributed by atoms with E-state index in [-0.39, 0.29) is 29.8 Å². The smallest absolute Gasteiger partial charge is 0.318 e. The Labute approximate surface area is 156 Å². The molecule has 2 aliphatic carbocycles. The van der Waals surface area contributed by atoms with Crippen LogP contribution in [0.25, 0.3) is 0 Å². The normalized spacial score (nSPS) is 33.8. The molecule has 6 nitrogen and oxygen atoms in total. The Morgan fingerprint density at radius 3 is 2.69 bits per heavy atom. The van der Waals surface area contributed by atoms with Gasteiger partial charge in [0.25, 0.3) is 0 Å². The van der Waals surface area contributed by atoms with Gasteiger partial charge in [-0.25, -0.2) is 4.79 Å². The molecular formula is C20H32N4O2. The molecule has 4 rings (SSSR count). The van der Waals surface area contributed by atoms with Crippen LogP contribution in [0.2, 0.25) is 0 Å². The minimum atomic E-state index is -0.0641. The van der Waals surface area contributed by atoms with E-state index < -0.39 is 0 Å². The molecule has 0 spiro atoms. The van der Waals surface area contributed by atoms with E-state index in [0.29, 0.717) is 17.8 Å². The van der Waals surface area contributed by atoms with Crippen LogP contribution in [0.1, 0.15) is 57.8 Å². The molecular weight excluding hydrogens is 328 g/mol. The van der Waals surface area contributed by atoms with Gasteiger partial charge in [0.05, 0.1) is 29.4 Å². The summed E-state index contributed by atoms with van der Waals surface area (Å²) in [7, 11) is 1.79. The van der Waals surface area contributed by atoms with Crippen LogP contribution in [0.15, 0.2) is 6.20 Å². The van der Waals surface area contributed by atoms with E-state index >= 15 is 0 Å². The Balaban J connectivity index is 1.48. The fourth-order valence-electron chi connectivity index (χ4n) is 5.54. The summed E-state index contributed by atoms with van der Waals surface area (Å²) in [5.74, 6) is 1.95. The quantitative estimate of drug-likeness (QED) is 0.901. The van der Waals surface area contributed by atoms with Crippen molar-refractivity contribution in [1.82, 2.24) is 20.0 Å². The highest BCUT2D eigenvalue weighted by Crippen LogP contribution is 2.55. The highest BCUT2D eigenvalue weighted by molar-refractivity contribution is 5.76. The highest BCUT2D eigenvalue weighted by Gasteiger charge is 2.60. The maximum Gasteiger partial charge on any atom is 0.318 e. The van der Waals surface area contributed by atoms with Crippen LogP contribution in [0.3, 0.4) is 0 Å². The number of hydrogen-bond acceptors (Lipinski definition) is 3. The van der Waals surface area contributed by atoms with Crippen molar-refractivity contribution in [2.75, 3.05) is 13.7 Å². The molecule has 1 N–H and O–H groups in total. The third kappa shape index (κ3) is 2.65. The third-order valence-electron chi connectivity index (χ3n) is 6.78. The van der Waals surface area contributed by atoms with E-state index in [1.54, 1.807) is 7.11 Å². The summed E-state index contributed by atoms with van der Waals surface area (Å²) in [6.45, 7) is 11.3. The van der Waals surface area contributed by atoms with E-state index in [1.807, 2.05) is 18.5 Å². The van der Waals surface area contributed by atoms with Crippen molar-refractivity contribution >= 4 is 6.03 Å². The van der Waals surface area contributed by atoms with E-state index in [9.17, 15) is 4.79 Å². The Kier molecular flexibility index (Phi) is 4.10. The van der Waals surface area contributed by atoms with Crippen molar-refractivity contribution in [3.05, 3.63) is 17.5 Å². The number of carbonyl (C=O) groups is 1. The monoisotopic (exact) mass is 360 g/mol. The average molecular weight is 361 g/mol. The van der Waals surface area contributed by atoms with Gasteiger partial charge in [-0.2, -0.15) is 5.10 Å². The maximum absolute atomic E-state index is 13.0. The van der Waals surface area contributed by atoms with Gasteiger partial charge in [0, 0.05) is 25.4 Å². The SMILES string of the molecule is COC1C2CC3CN(C(=O)NC(C)c4cn(C(C)(C)C)nc4C)C1C3C2. The first-order valence-electron chi connectivity index (χ1n) is 9.87. The van der Waals surface area contributed by atoms with Crippen LogP contribution in [-0.2, 0) is 10.3 Å². The molecule has 6 atom stereocenters. The second-order valence-electron chi connectivity index (χ2n) is 9.46. The minimum absolute atomic E-state index is 0.0440. The summed E-state index contributed by atoms with van der Waals surface area (Å²) < 4.78 is 7.76. The Morgan fingerprint density at radius 1 is 1.35 bits per heavy atom. The number of aromatic nitrogens is 2. The van der Waals surface area contributed by atoms with Crippen LogP contribution in [0, 0.1) is 24.7 Å². The van der Waals surface area contributed by atoms with E-state index in [1.165, 1.54) is 12.8 Å². The van der Waals surface area contributed by atoms with Gasteiger partial charge in [0.2, 0.25) is 0 Å². The standard InChI is InChI=1S/C20H32N4O2/c1-11(16-10-24(20(3,4)5)22-12(16)2)21-19(25)23-9-14-7-13-8-15(14)17(23)18(13)26-6/h10-11,13-15,17-18H,7-9H2,1-6H3,(H,21,25). The molecule has 2 saturated carbocycles. The summed E-state index contributed by atoms with van der Waals surface area (Å²) in [5, 5.41) is 7.85. The summed E-state index contributed by atoms with van der Waals surface area (Å²) >= 11 is 0. The number of nitrogens with zero attached hydrogens (tertiary/aromatic N) is 3. The molecule has 1 aliphatic heterocycles. The number of aryl methyl sites for hydroxylation is 1. The lowest BCUT2D eigenvalue weighted by Gasteiger charge is -2.32. The number of methoxy groups -OCH3 is 1. The van der Waals surface area contributed by atoms with Gasteiger partial charge in [0.15, 0.2) is 0 Å². The second kappa shape index (κ2) is 5.98. The molecule has 2 bridgehead atoms. The van der Waals surface area contributed by atoms with Crippen molar-refractivity contribution < 1.29 is 9.53 Å². The lowest BCUT2D eigenvalue weighted by Crippen LogP contribution is -2.49. The van der Waals surface area contributed by atoms with Crippen molar-refractivity contribution in [2.24, 2.45) is 17.8 Å². The number of likely N-dealkylation sites (tertiary alicyclic amines) is 1. The first-order valence-corrected chi connectivity index (χ1v) is 9.87. The molecule has 2 heterocycles. The van der Waals surface area contributed by atoms with E-state index in [0.717, 1.165) is 17.8 Å². The van der Waals surface area contributed by atoms with Gasteiger partial charge in [-0.05, 0) is 65.2 Å². The zero-order chi connectivity index (χ0) is 18.8. The molecule has 6 heteroatoms. The zero-order valence-corrected chi connectivity index (χ0v) is 16.8. The number of ether oxygens (including phenoxy) is 1. The van der Waals surface area contributed by atoms with Gasteiger partial charge < -0.3 is 15.0 Å². The molecule has 1 aromatic heterocycles. The predicted molar refractivity (Wildman–Crippen MR) is 99.9 cm³/mol. The first kappa shape index (κ1) is 17.8. The number of hydrogen-bond donors (Lipinski definition) is 1. The molecule has 0 aromatic carbocycles. The predicted octanol–water partition coefficient (Wildman–Crippen LogP) is 3.07. The third-order valence-corrected chi connectivity index (χ3v) is 6.78. The minimum Gasteiger partial charge on any atom is -0.379 e. The molecule has 144 valence electrons. The molecule has 26 heavy (non-hydrogen) atoms. The number of nitrogens with one attached hydrogen (secondary N) is 1. The maximum atomic E-state index is 13.0. The number of amides is 2. The number of urea groups is 1. The van der Waals surface area contributed by atoms with Crippen molar-refractivity contribution in [3.63, 3.8) is 0 Å². The highest BCUT2D eigenvalue weighted by atomic mass is 16.5. The number of rotatable bonds is 3. The van der Waals surface area contributed by atoms with Gasteiger partial charge in [0.1, 0.15) is 0 Å². The van der Waals surface area contributed by atoms with Crippen LogP contribution in [-0.4, -0.2) is 46.5 Å². The van der Waals surface area contributed by atoms with Crippen molar-refractivity contribution in [3.8, 4) is 0 Å². The van der Waals surface area contributed by atoms with Gasteiger partial charge in [-0.15, -0.1) is 0 Å².